The maximum atomic E-state index is 13.7. The zero-order valence-corrected chi connectivity index (χ0v) is 23.3. The van der Waals surface area contributed by atoms with E-state index in [0.29, 0.717) is 36.3 Å². The average molecular weight is 522 g/mol. The molecule has 206 valence electrons. The van der Waals surface area contributed by atoms with E-state index in [4.69, 9.17) is 4.98 Å². The quantitative estimate of drug-likeness (QED) is 0.369. The molecule has 0 spiro atoms. The molecule has 1 saturated heterocycles. The standard InChI is InChI=1S/C30H43N5O3/c1-21(2)11-15-34(16-12-22(3)4)30(38)23-7-9-26-27(17-23)35(20-25(36)19-33-13-5-6-14-33)29(32-26)24-8-10-28(37)31-18-24/h7-10,17-18,21-22,25,36H,5-6,11-16,19-20H2,1-4H3,(H,31,37). The van der Waals surface area contributed by atoms with Crippen molar-refractivity contribution in [1.29, 1.82) is 0 Å². The van der Waals surface area contributed by atoms with Gasteiger partial charge in [-0.05, 0) is 74.9 Å². The number of hydrogen-bond acceptors (Lipinski definition) is 5. The molecule has 8 nitrogen and oxygen atoms in total. The number of aliphatic hydroxyl groups excluding tert-OH is 1. The minimum absolute atomic E-state index is 0.0316. The lowest BCUT2D eigenvalue weighted by molar-refractivity contribution is 0.0741. The molecule has 0 bridgehead atoms. The highest BCUT2D eigenvalue weighted by Crippen LogP contribution is 2.26. The van der Waals surface area contributed by atoms with Gasteiger partial charge in [0.2, 0.25) is 5.56 Å². The number of nitrogens with one attached hydrogen (secondary N) is 1. The van der Waals surface area contributed by atoms with Crippen molar-refractivity contribution in [2.45, 2.75) is 66.0 Å². The summed E-state index contributed by atoms with van der Waals surface area (Å²) in [5, 5.41) is 11.0. The number of aromatic amines is 1. The second-order valence-corrected chi connectivity index (χ2v) is 11.5. The third-order valence-electron chi connectivity index (χ3n) is 7.34. The first-order chi connectivity index (χ1) is 18.2. The van der Waals surface area contributed by atoms with Gasteiger partial charge in [-0.15, -0.1) is 0 Å². The van der Waals surface area contributed by atoms with Crippen molar-refractivity contribution < 1.29 is 9.90 Å². The van der Waals surface area contributed by atoms with Gasteiger partial charge in [0.1, 0.15) is 5.82 Å². The first kappa shape index (κ1) is 28.0. The number of fused-ring (bicyclic) bond motifs is 1. The normalized spacial score (nSPS) is 15.1. The van der Waals surface area contributed by atoms with E-state index in [0.717, 1.165) is 55.6 Å². The van der Waals surface area contributed by atoms with Crippen LogP contribution in [-0.4, -0.2) is 74.2 Å². The van der Waals surface area contributed by atoms with Gasteiger partial charge in [-0.25, -0.2) is 4.98 Å². The zero-order valence-electron chi connectivity index (χ0n) is 23.3. The Kier molecular flexibility index (Phi) is 9.39. The van der Waals surface area contributed by atoms with Crippen molar-refractivity contribution in [3.05, 3.63) is 52.4 Å². The van der Waals surface area contributed by atoms with Crippen LogP contribution in [0.5, 0.6) is 0 Å². The van der Waals surface area contributed by atoms with Crippen LogP contribution in [0.3, 0.4) is 0 Å². The summed E-state index contributed by atoms with van der Waals surface area (Å²) in [5.41, 5.74) is 2.78. The molecule has 1 fully saturated rings. The number of carbonyl (C=O) groups excluding carboxylic acids is 1. The van der Waals surface area contributed by atoms with E-state index in [1.165, 1.54) is 18.9 Å². The second-order valence-electron chi connectivity index (χ2n) is 11.5. The molecule has 4 rings (SSSR count). The van der Waals surface area contributed by atoms with E-state index in [1.54, 1.807) is 12.3 Å². The largest absolute Gasteiger partial charge is 0.390 e. The summed E-state index contributed by atoms with van der Waals surface area (Å²) in [6, 6.07) is 8.90. The molecular formula is C30H43N5O3. The van der Waals surface area contributed by atoms with Crippen LogP contribution in [0.15, 0.2) is 41.3 Å². The summed E-state index contributed by atoms with van der Waals surface area (Å²) in [4.78, 5) is 37.2. The van der Waals surface area contributed by atoms with Crippen molar-refractivity contribution in [3.63, 3.8) is 0 Å². The number of pyridine rings is 1. The number of H-pyrrole nitrogens is 1. The van der Waals surface area contributed by atoms with Crippen LogP contribution < -0.4 is 5.56 Å². The van der Waals surface area contributed by atoms with Gasteiger partial charge in [-0.2, -0.15) is 0 Å². The maximum absolute atomic E-state index is 13.7. The number of nitrogens with zero attached hydrogens (tertiary/aromatic N) is 4. The van der Waals surface area contributed by atoms with E-state index < -0.39 is 6.10 Å². The molecule has 1 aliphatic heterocycles. The first-order valence-electron chi connectivity index (χ1n) is 14.1. The van der Waals surface area contributed by atoms with Gasteiger partial charge in [-0.1, -0.05) is 27.7 Å². The maximum Gasteiger partial charge on any atom is 0.253 e. The number of imidazole rings is 1. The molecule has 0 saturated carbocycles. The summed E-state index contributed by atoms with van der Waals surface area (Å²) < 4.78 is 1.99. The van der Waals surface area contributed by atoms with E-state index in [2.05, 4.69) is 37.6 Å². The average Bonchev–Trinajstić information content (AvgIpc) is 3.51. The minimum Gasteiger partial charge on any atom is -0.390 e. The highest BCUT2D eigenvalue weighted by molar-refractivity contribution is 5.98. The number of aliphatic hydroxyl groups is 1. The fourth-order valence-corrected chi connectivity index (χ4v) is 5.07. The van der Waals surface area contributed by atoms with E-state index >= 15 is 0 Å². The predicted molar refractivity (Wildman–Crippen MR) is 152 cm³/mol. The number of hydrogen-bond donors (Lipinski definition) is 2. The van der Waals surface area contributed by atoms with Crippen molar-refractivity contribution in [3.8, 4) is 11.4 Å². The fraction of sp³-hybridized carbons (Fsp3) is 0.567. The van der Waals surface area contributed by atoms with Gasteiger partial charge in [0.05, 0.1) is 23.7 Å². The van der Waals surface area contributed by atoms with Crippen LogP contribution in [0.4, 0.5) is 0 Å². The third kappa shape index (κ3) is 7.11. The SMILES string of the molecule is CC(C)CCN(CCC(C)C)C(=O)c1ccc2nc(-c3ccc(=O)[nH]c3)n(CC(O)CN3CCCC3)c2c1. The van der Waals surface area contributed by atoms with Gasteiger partial charge >= 0.3 is 0 Å². The molecule has 3 heterocycles. The highest BCUT2D eigenvalue weighted by atomic mass is 16.3. The molecule has 1 aromatic carbocycles. The van der Waals surface area contributed by atoms with Crippen molar-refractivity contribution in [1.82, 2.24) is 24.3 Å². The number of amides is 1. The summed E-state index contributed by atoms with van der Waals surface area (Å²) in [6.45, 7) is 13.2. The lowest BCUT2D eigenvalue weighted by Gasteiger charge is -2.25. The van der Waals surface area contributed by atoms with E-state index in [1.807, 2.05) is 27.7 Å². The summed E-state index contributed by atoms with van der Waals surface area (Å²) in [6.07, 6.45) is 5.32. The molecule has 1 amide bonds. The number of carbonyl (C=O) groups is 1. The van der Waals surface area contributed by atoms with Crippen molar-refractivity contribution >= 4 is 16.9 Å². The molecule has 1 aliphatic rings. The molecule has 3 aromatic rings. The number of likely N-dealkylation sites (tertiary alicyclic amines) is 1. The second kappa shape index (κ2) is 12.7. The number of benzene rings is 1. The molecule has 38 heavy (non-hydrogen) atoms. The van der Waals surface area contributed by atoms with Crippen LogP contribution in [0, 0.1) is 11.8 Å². The summed E-state index contributed by atoms with van der Waals surface area (Å²) in [5.74, 6) is 1.73. The summed E-state index contributed by atoms with van der Waals surface area (Å²) >= 11 is 0. The monoisotopic (exact) mass is 521 g/mol. The Morgan fingerprint density at radius 2 is 1.71 bits per heavy atom. The molecule has 0 aliphatic carbocycles. The Hall–Kier alpha value is -2.97. The number of aromatic nitrogens is 3. The van der Waals surface area contributed by atoms with Crippen LogP contribution >= 0.6 is 0 Å². The molecule has 2 N–H and O–H groups in total. The Bertz CT molecular complexity index is 1240. The van der Waals surface area contributed by atoms with Gasteiger partial charge in [0.25, 0.3) is 5.91 Å². The van der Waals surface area contributed by atoms with E-state index in [-0.39, 0.29) is 11.5 Å². The smallest absolute Gasteiger partial charge is 0.253 e. The lowest BCUT2D eigenvalue weighted by Crippen LogP contribution is -2.34. The van der Waals surface area contributed by atoms with Crippen LogP contribution in [0.1, 0.15) is 63.7 Å². The van der Waals surface area contributed by atoms with Crippen molar-refractivity contribution in [2.75, 3.05) is 32.7 Å². The van der Waals surface area contributed by atoms with Gasteiger partial charge < -0.3 is 24.5 Å². The molecule has 8 heteroatoms. The Balaban J connectivity index is 1.69. The van der Waals surface area contributed by atoms with Crippen molar-refractivity contribution in [2.24, 2.45) is 11.8 Å². The Morgan fingerprint density at radius 3 is 2.32 bits per heavy atom. The Morgan fingerprint density at radius 1 is 1.03 bits per heavy atom. The van der Waals surface area contributed by atoms with Gasteiger partial charge in [-0.3, -0.25) is 9.59 Å². The van der Waals surface area contributed by atoms with Crippen LogP contribution in [0.2, 0.25) is 0 Å². The number of β-amino-alcohol motifs (C(OH)–C–C–N with tert-alkyl or cyclic N) is 1. The van der Waals surface area contributed by atoms with E-state index in [9.17, 15) is 14.7 Å². The topological polar surface area (TPSA) is 94.5 Å². The molecule has 1 unspecified atom stereocenters. The van der Waals surface area contributed by atoms with Gasteiger partial charge in [0, 0.05) is 43.0 Å². The molecule has 2 aromatic heterocycles. The number of rotatable bonds is 12. The molecule has 1 atom stereocenters. The molecule has 0 radical (unpaired) electrons. The first-order valence-corrected chi connectivity index (χ1v) is 14.1. The van der Waals surface area contributed by atoms with Crippen LogP contribution in [0.25, 0.3) is 22.4 Å². The fourth-order valence-electron chi connectivity index (χ4n) is 5.07. The Labute approximate surface area is 225 Å². The zero-order chi connectivity index (χ0) is 27.2. The minimum atomic E-state index is -0.583. The third-order valence-corrected chi connectivity index (χ3v) is 7.34. The summed E-state index contributed by atoms with van der Waals surface area (Å²) in [7, 11) is 0. The molecular weight excluding hydrogens is 478 g/mol. The highest BCUT2D eigenvalue weighted by Gasteiger charge is 2.22. The predicted octanol–water partition coefficient (Wildman–Crippen LogP) is 4.38. The van der Waals surface area contributed by atoms with Crippen LogP contribution in [-0.2, 0) is 6.54 Å². The van der Waals surface area contributed by atoms with Gasteiger partial charge in [0.15, 0.2) is 0 Å². The lowest BCUT2D eigenvalue weighted by atomic mass is 10.1.